The van der Waals surface area contributed by atoms with Gasteiger partial charge in [-0.3, -0.25) is 0 Å². The van der Waals surface area contributed by atoms with Gasteiger partial charge in [0, 0.05) is 25.5 Å². The highest BCUT2D eigenvalue weighted by molar-refractivity contribution is 4.97. The van der Waals surface area contributed by atoms with Crippen LogP contribution in [0.2, 0.25) is 0 Å². The molecule has 0 saturated heterocycles. The van der Waals surface area contributed by atoms with Gasteiger partial charge < -0.3 is 9.80 Å². The van der Waals surface area contributed by atoms with Crippen molar-refractivity contribution < 1.29 is 0 Å². The highest BCUT2D eigenvalue weighted by Crippen LogP contribution is 2.24. The normalized spacial score (nSPS) is 15.0. The summed E-state index contributed by atoms with van der Waals surface area (Å²) in [6.07, 6.45) is 51.4. The molecule has 2 heteroatoms. The Bertz CT molecular complexity index is 544. The molecule has 250 valence electrons. The van der Waals surface area contributed by atoms with Crippen molar-refractivity contribution in [1.29, 1.82) is 0 Å². The van der Waals surface area contributed by atoms with Gasteiger partial charge in [-0.2, -0.15) is 0 Å². The first-order valence-corrected chi connectivity index (χ1v) is 20.0. The van der Waals surface area contributed by atoms with E-state index in [0.29, 0.717) is 6.17 Å². The summed E-state index contributed by atoms with van der Waals surface area (Å²) >= 11 is 0. The summed E-state index contributed by atoms with van der Waals surface area (Å²) in [4.78, 5) is 5.43. The van der Waals surface area contributed by atoms with Gasteiger partial charge in [0.25, 0.3) is 0 Å². The van der Waals surface area contributed by atoms with E-state index in [2.05, 4.69) is 43.0 Å². The Morgan fingerprint density at radius 1 is 0.310 bits per heavy atom. The molecule has 0 aliphatic carbocycles. The van der Waals surface area contributed by atoms with Gasteiger partial charge in [-0.1, -0.05) is 201 Å². The lowest BCUT2D eigenvalue weighted by molar-refractivity contribution is 0.135. The third-order valence-electron chi connectivity index (χ3n) is 9.82. The van der Waals surface area contributed by atoms with Crippen molar-refractivity contribution in [3.05, 3.63) is 12.4 Å². The quantitative estimate of drug-likeness (QED) is 0.0690. The molecule has 0 aromatic heterocycles. The Kier molecular flexibility index (Phi) is 29.8. The van der Waals surface area contributed by atoms with Crippen LogP contribution in [0.25, 0.3) is 0 Å². The maximum atomic E-state index is 2.72. The summed E-state index contributed by atoms with van der Waals surface area (Å²) in [6, 6.07) is 0. The standard InChI is InChI=1S/C40H80N2/c1-4-7-10-13-16-18-20-21-22-23-24-26-29-32-35-40-41(36-33-30-27-15-12-9-6-3)38-39-42(40)37-34-31-28-25-19-17-14-11-8-5-2/h38-40H,4-37H2,1-3H3. The van der Waals surface area contributed by atoms with Gasteiger partial charge in [-0.15, -0.1) is 0 Å². The lowest BCUT2D eigenvalue weighted by Crippen LogP contribution is -2.39. The highest BCUT2D eigenvalue weighted by atomic mass is 15.4. The number of rotatable bonds is 34. The van der Waals surface area contributed by atoms with Crippen LogP contribution in [0, 0.1) is 0 Å². The van der Waals surface area contributed by atoms with Crippen molar-refractivity contribution in [1.82, 2.24) is 9.80 Å². The molecule has 0 saturated carbocycles. The lowest BCUT2D eigenvalue weighted by Gasteiger charge is -2.33. The largest absolute Gasteiger partial charge is 0.356 e. The first kappa shape index (κ1) is 39.4. The molecule has 0 aromatic rings. The van der Waals surface area contributed by atoms with Gasteiger partial charge >= 0.3 is 0 Å². The lowest BCUT2D eigenvalue weighted by atomic mass is 10.0. The van der Waals surface area contributed by atoms with E-state index < -0.39 is 0 Å². The van der Waals surface area contributed by atoms with Crippen LogP contribution in [0.3, 0.4) is 0 Å². The molecule has 0 aromatic carbocycles. The van der Waals surface area contributed by atoms with Crippen LogP contribution in [0.15, 0.2) is 12.4 Å². The van der Waals surface area contributed by atoms with Crippen LogP contribution in [0.5, 0.6) is 0 Å². The molecule has 0 fully saturated rings. The maximum absolute atomic E-state index is 2.72. The monoisotopic (exact) mass is 589 g/mol. The van der Waals surface area contributed by atoms with Gasteiger partial charge in [0.15, 0.2) is 0 Å². The maximum Gasteiger partial charge on any atom is 0.101 e. The zero-order valence-corrected chi connectivity index (χ0v) is 29.7. The minimum Gasteiger partial charge on any atom is -0.356 e. The van der Waals surface area contributed by atoms with Gasteiger partial charge in [0.1, 0.15) is 6.17 Å². The fraction of sp³-hybridized carbons (Fsp3) is 0.950. The fourth-order valence-electron chi connectivity index (χ4n) is 6.89. The molecular formula is C40H80N2. The van der Waals surface area contributed by atoms with E-state index in [1.54, 1.807) is 0 Å². The predicted molar refractivity (Wildman–Crippen MR) is 191 cm³/mol. The Hall–Kier alpha value is -0.660. The average molecular weight is 589 g/mol. The van der Waals surface area contributed by atoms with Crippen molar-refractivity contribution >= 4 is 0 Å². The minimum atomic E-state index is 0.640. The van der Waals surface area contributed by atoms with Gasteiger partial charge in [0.05, 0.1) is 0 Å². The fourth-order valence-corrected chi connectivity index (χ4v) is 6.89. The molecule has 1 heterocycles. The minimum absolute atomic E-state index is 0.640. The molecule has 1 aliphatic heterocycles. The molecule has 1 unspecified atom stereocenters. The summed E-state index contributed by atoms with van der Waals surface area (Å²) < 4.78 is 0. The van der Waals surface area contributed by atoms with E-state index in [1.165, 1.54) is 219 Å². The van der Waals surface area contributed by atoms with Crippen molar-refractivity contribution in [2.75, 3.05) is 13.1 Å². The molecule has 1 rings (SSSR count). The highest BCUT2D eigenvalue weighted by Gasteiger charge is 2.24. The van der Waals surface area contributed by atoms with E-state index >= 15 is 0 Å². The zero-order chi connectivity index (χ0) is 30.2. The number of nitrogens with zero attached hydrogens (tertiary/aromatic N) is 2. The van der Waals surface area contributed by atoms with Crippen LogP contribution in [-0.2, 0) is 0 Å². The number of hydrogen-bond donors (Lipinski definition) is 0. The van der Waals surface area contributed by atoms with Crippen LogP contribution in [0.4, 0.5) is 0 Å². The van der Waals surface area contributed by atoms with E-state index in [9.17, 15) is 0 Å². The summed E-state index contributed by atoms with van der Waals surface area (Å²) in [5, 5.41) is 0. The van der Waals surface area contributed by atoms with Gasteiger partial charge in [0.2, 0.25) is 0 Å². The molecule has 2 nitrogen and oxygen atoms in total. The van der Waals surface area contributed by atoms with Crippen molar-refractivity contribution in [3.8, 4) is 0 Å². The van der Waals surface area contributed by atoms with Crippen LogP contribution in [0.1, 0.15) is 226 Å². The molecule has 42 heavy (non-hydrogen) atoms. The Labute approximate surface area is 267 Å². The first-order valence-electron chi connectivity index (χ1n) is 20.0. The van der Waals surface area contributed by atoms with E-state index in [0.717, 1.165) is 0 Å². The van der Waals surface area contributed by atoms with E-state index in [-0.39, 0.29) is 0 Å². The number of unbranched alkanes of at least 4 members (excludes halogenated alkanes) is 28. The average Bonchev–Trinajstić information content (AvgIpc) is 3.38. The molecule has 0 radical (unpaired) electrons. The molecule has 1 atom stereocenters. The SMILES string of the molecule is CCCCCCCCCCCCCCCCC1N(CCCCCCCCC)C=CN1CCCCCCCCCCCC. The Morgan fingerprint density at radius 3 is 0.833 bits per heavy atom. The summed E-state index contributed by atoms with van der Waals surface area (Å²) in [7, 11) is 0. The van der Waals surface area contributed by atoms with Crippen molar-refractivity contribution in [2.45, 2.75) is 232 Å². The third-order valence-corrected chi connectivity index (χ3v) is 9.82. The van der Waals surface area contributed by atoms with Crippen molar-refractivity contribution in [3.63, 3.8) is 0 Å². The molecule has 0 amide bonds. The predicted octanol–water partition coefficient (Wildman–Crippen LogP) is 13.9. The topological polar surface area (TPSA) is 6.48 Å². The molecule has 0 spiro atoms. The van der Waals surface area contributed by atoms with E-state index in [1.807, 2.05) is 0 Å². The van der Waals surface area contributed by atoms with E-state index in [4.69, 9.17) is 0 Å². The zero-order valence-electron chi connectivity index (χ0n) is 29.7. The van der Waals surface area contributed by atoms with Crippen LogP contribution < -0.4 is 0 Å². The summed E-state index contributed by atoms with van der Waals surface area (Å²) in [5.41, 5.74) is 0. The third kappa shape index (κ3) is 23.8. The molecule has 0 N–H and O–H groups in total. The first-order chi connectivity index (χ1) is 20.8. The molecule has 1 aliphatic rings. The second-order valence-corrected chi connectivity index (χ2v) is 13.9. The second-order valence-electron chi connectivity index (χ2n) is 13.9. The smallest absolute Gasteiger partial charge is 0.101 e. The second kappa shape index (κ2) is 31.8. The Morgan fingerprint density at radius 2 is 0.548 bits per heavy atom. The van der Waals surface area contributed by atoms with Crippen LogP contribution in [-0.4, -0.2) is 29.1 Å². The van der Waals surface area contributed by atoms with Crippen LogP contribution >= 0.6 is 0 Å². The Balaban J connectivity index is 2.20. The van der Waals surface area contributed by atoms with Gasteiger partial charge in [-0.25, -0.2) is 0 Å². The molecule has 0 bridgehead atoms. The summed E-state index contributed by atoms with van der Waals surface area (Å²) in [5.74, 6) is 0. The summed E-state index contributed by atoms with van der Waals surface area (Å²) in [6.45, 7) is 9.48. The number of hydrogen-bond acceptors (Lipinski definition) is 2. The molecular weight excluding hydrogens is 508 g/mol. The van der Waals surface area contributed by atoms with Crippen molar-refractivity contribution in [2.24, 2.45) is 0 Å². The van der Waals surface area contributed by atoms with Gasteiger partial charge in [-0.05, 0) is 25.7 Å².